The summed E-state index contributed by atoms with van der Waals surface area (Å²) >= 11 is 0. The highest BCUT2D eigenvalue weighted by atomic mass is 16.6. The average Bonchev–Trinajstić information content (AvgIpc) is 2.48. The lowest BCUT2D eigenvalue weighted by Crippen LogP contribution is -2.47. The van der Waals surface area contributed by atoms with Crippen molar-refractivity contribution in [3.8, 4) is 0 Å². The van der Waals surface area contributed by atoms with Crippen LogP contribution < -0.4 is 16.6 Å². The first kappa shape index (κ1) is 15.8. The van der Waals surface area contributed by atoms with E-state index in [-0.39, 0.29) is 17.7 Å². The lowest BCUT2D eigenvalue weighted by Gasteiger charge is -2.31. The fraction of sp³-hybridized carbons (Fsp3) is 0.538. The summed E-state index contributed by atoms with van der Waals surface area (Å²) in [6, 6.07) is -0.135. The summed E-state index contributed by atoms with van der Waals surface area (Å²) in [4.78, 5) is 51.8. The summed E-state index contributed by atoms with van der Waals surface area (Å²) in [6.45, 7) is 3.02. The molecule has 0 spiro atoms. The Bertz CT molecular complexity index is 657. The van der Waals surface area contributed by atoms with Gasteiger partial charge in [-0.15, -0.1) is 0 Å². The van der Waals surface area contributed by atoms with Crippen molar-refractivity contribution in [2.75, 3.05) is 19.7 Å². The second kappa shape index (κ2) is 6.92. The number of likely N-dealkylation sites (tertiary alicyclic amines) is 1. The van der Waals surface area contributed by atoms with Crippen molar-refractivity contribution in [2.45, 2.75) is 25.8 Å². The molecule has 2 rings (SSSR count). The van der Waals surface area contributed by atoms with Crippen LogP contribution in [0.2, 0.25) is 0 Å². The maximum absolute atomic E-state index is 12.0. The van der Waals surface area contributed by atoms with Gasteiger partial charge in [0.2, 0.25) is 0 Å². The number of rotatable bonds is 3. The minimum atomic E-state index is -0.731. The highest BCUT2D eigenvalue weighted by Gasteiger charge is 2.25. The Balaban J connectivity index is 1.90. The summed E-state index contributed by atoms with van der Waals surface area (Å²) in [5.41, 5.74) is -1.54. The number of ether oxygens (including phenoxy) is 1. The zero-order valence-corrected chi connectivity index (χ0v) is 12.2. The molecule has 0 atom stereocenters. The van der Waals surface area contributed by atoms with Gasteiger partial charge in [0.15, 0.2) is 0 Å². The van der Waals surface area contributed by atoms with Gasteiger partial charge in [0, 0.05) is 25.3 Å². The molecule has 0 bridgehead atoms. The lowest BCUT2D eigenvalue weighted by molar-refractivity contribution is 0.0859. The summed E-state index contributed by atoms with van der Waals surface area (Å²) < 4.78 is 4.91. The van der Waals surface area contributed by atoms with Gasteiger partial charge in [-0.3, -0.25) is 14.6 Å². The quantitative estimate of drug-likeness (QED) is 0.688. The maximum atomic E-state index is 12.0. The van der Waals surface area contributed by atoms with Gasteiger partial charge < -0.3 is 19.9 Å². The van der Waals surface area contributed by atoms with Crippen molar-refractivity contribution < 1.29 is 14.3 Å². The van der Waals surface area contributed by atoms with Gasteiger partial charge in [0.05, 0.1) is 6.61 Å². The molecular formula is C13H18N4O5. The third-order valence-corrected chi connectivity index (χ3v) is 3.42. The topological polar surface area (TPSA) is 124 Å². The first-order valence-corrected chi connectivity index (χ1v) is 7.05. The Morgan fingerprint density at radius 1 is 1.36 bits per heavy atom. The lowest BCUT2D eigenvalue weighted by atomic mass is 10.1. The van der Waals surface area contributed by atoms with E-state index < -0.39 is 17.2 Å². The molecule has 0 unspecified atom stereocenters. The number of carbonyl (C=O) groups excluding carboxylic acids is 2. The number of H-pyrrole nitrogens is 2. The molecule has 22 heavy (non-hydrogen) atoms. The standard InChI is InChI=1S/C13H18N4O5/c1-2-22-13(21)17-5-3-8(4-6-17)15-10(18)9-7-14-12(20)16-11(9)19/h7-8H,2-6H2,1H3,(H,15,18)(H2,14,16,19,20). The van der Waals surface area contributed by atoms with Crippen molar-refractivity contribution in [1.82, 2.24) is 20.2 Å². The molecule has 1 aliphatic heterocycles. The predicted octanol–water partition coefficient (Wildman–Crippen LogP) is -0.586. The maximum Gasteiger partial charge on any atom is 0.409 e. The number of carbonyl (C=O) groups is 2. The first-order valence-electron chi connectivity index (χ1n) is 7.05. The van der Waals surface area contributed by atoms with Crippen LogP contribution in [0.15, 0.2) is 15.8 Å². The van der Waals surface area contributed by atoms with Crippen LogP contribution in [0.1, 0.15) is 30.1 Å². The predicted molar refractivity (Wildman–Crippen MR) is 76.8 cm³/mol. The molecule has 0 saturated carbocycles. The second-order valence-electron chi connectivity index (χ2n) is 4.92. The van der Waals surface area contributed by atoms with E-state index in [0.717, 1.165) is 6.20 Å². The molecule has 1 fully saturated rings. The number of hydrogen-bond donors (Lipinski definition) is 3. The molecule has 2 heterocycles. The molecule has 0 aromatic carbocycles. The van der Waals surface area contributed by atoms with E-state index in [0.29, 0.717) is 32.5 Å². The van der Waals surface area contributed by atoms with Crippen molar-refractivity contribution in [1.29, 1.82) is 0 Å². The fourth-order valence-corrected chi connectivity index (χ4v) is 2.26. The van der Waals surface area contributed by atoms with E-state index >= 15 is 0 Å². The Morgan fingerprint density at radius 2 is 2.05 bits per heavy atom. The van der Waals surface area contributed by atoms with Gasteiger partial charge in [-0.25, -0.2) is 9.59 Å². The first-order chi connectivity index (χ1) is 10.5. The zero-order valence-electron chi connectivity index (χ0n) is 12.2. The van der Waals surface area contributed by atoms with Gasteiger partial charge in [0.1, 0.15) is 5.56 Å². The van der Waals surface area contributed by atoms with E-state index in [1.807, 2.05) is 4.98 Å². The molecular weight excluding hydrogens is 292 g/mol. The molecule has 1 aliphatic rings. The molecule has 1 aromatic heterocycles. The van der Waals surface area contributed by atoms with Gasteiger partial charge in [0.25, 0.3) is 11.5 Å². The second-order valence-corrected chi connectivity index (χ2v) is 4.92. The Hall–Kier alpha value is -2.58. The summed E-state index contributed by atoms with van der Waals surface area (Å²) in [6.07, 6.45) is 1.88. The van der Waals surface area contributed by atoms with Crippen molar-refractivity contribution in [3.63, 3.8) is 0 Å². The van der Waals surface area contributed by atoms with Crippen LogP contribution in [0.3, 0.4) is 0 Å². The molecule has 1 saturated heterocycles. The van der Waals surface area contributed by atoms with Gasteiger partial charge in [-0.05, 0) is 19.8 Å². The molecule has 2 amide bonds. The number of nitrogens with zero attached hydrogens (tertiary/aromatic N) is 1. The molecule has 0 radical (unpaired) electrons. The minimum Gasteiger partial charge on any atom is -0.450 e. The number of aromatic amines is 2. The smallest absolute Gasteiger partial charge is 0.409 e. The fourth-order valence-electron chi connectivity index (χ4n) is 2.26. The van der Waals surface area contributed by atoms with Crippen molar-refractivity contribution in [3.05, 3.63) is 32.6 Å². The Labute approximate surface area is 125 Å². The highest BCUT2D eigenvalue weighted by molar-refractivity contribution is 5.93. The monoisotopic (exact) mass is 310 g/mol. The molecule has 1 aromatic rings. The van der Waals surface area contributed by atoms with E-state index in [2.05, 4.69) is 10.3 Å². The van der Waals surface area contributed by atoms with Crippen LogP contribution in [0.25, 0.3) is 0 Å². The summed E-state index contributed by atoms with van der Waals surface area (Å²) in [5.74, 6) is -0.549. The van der Waals surface area contributed by atoms with Crippen molar-refractivity contribution in [2.24, 2.45) is 0 Å². The third kappa shape index (κ3) is 3.74. The zero-order chi connectivity index (χ0) is 16.1. The Kier molecular flexibility index (Phi) is 4.97. The van der Waals surface area contributed by atoms with Crippen LogP contribution >= 0.6 is 0 Å². The number of aromatic nitrogens is 2. The minimum absolute atomic E-state index is 0.135. The third-order valence-electron chi connectivity index (χ3n) is 3.42. The van der Waals surface area contributed by atoms with Crippen molar-refractivity contribution >= 4 is 12.0 Å². The number of amides is 2. The van der Waals surface area contributed by atoms with Gasteiger partial charge in [-0.1, -0.05) is 0 Å². The Morgan fingerprint density at radius 3 is 2.64 bits per heavy atom. The summed E-state index contributed by atoms with van der Waals surface area (Å²) in [5, 5.41) is 2.73. The van der Waals surface area contributed by atoms with Crippen LogP contribution in [0.5, 0.6) is 0 Å². The van der Waals surface area contributed by atoms with Crippen LogP contribution in [0, 0.1) is 0 Å². The van der Waals surface area contributed by atoms with E-state index in [4.69, 9.17) is 4.74 Å². The van der Waals surface area contributed by atoms with Gasteiger partial charge >= 0.3 is 11.8 Å². The van der Waals surface area contributed by atoms with E-state index in [1.165, 1.54) is 0 Å². The van der Waals surface area contributed by atoms with Crippen LogP contribution in [-0.2, 0) is 4.74 Å². The molecule has 0 aliphatic carbocycles. The number of hydrogen-bond acceptors (Lipinski definition) is 5. The largest absolute Gasteiger partial charge is 0.450 e. The average molecular weight is 310 g/mol. The van der Waals surface area contributed by atoms with E-state index in [9.17, 15) is 19.2 Å². The molecule has 3 N–H and O–H groups in total. The highest BCUT2D eigenvalue weighted by Crippen LogP contribution is 2.11. The SMILES string of the molecule is CCOC(=O)N1CCC(NC(=O)c2c[nH]c(=O)[nH]c2=O)CC1. The normalized spacial score (nSPS) is 15.4. The van der Waals surface area contributed by atoms with E-state index in [1.54, 1.807) is 11.8 Å². The van der Waals surface area contributed by atoms with Gasteiger partial charge in [-0.2, -0.15) is 0 Å². The molecule has 9 nitrogen and oxygen atoms in total. The number of piperidine rings is 1. The number of nitrogens with one attached hydrogen (secondary N) is 3. The summed E-state index contributed by atoms with van der Waals surface area (Å²) in [7, 11) is 0. The van der Waals surface area contributed by atoms with Crippen LogP contribution in [0.4, 0.5) is 4.79 Å². The van der Waals surface area contributed by atoms with Crippen LogP contribution in [-0.4, -0.2) is 52.6 Å². The molecule has 120 valence electrons. The molecule has 9 heteroatoms.